The molecule has 1 rings (SSSR count). The Labute approximate surface area is 125 Å². The van der Waals surface area contributed by atoms with Crippen molar-refractivity contribution in [2.24, 2.45) is 11.1 Å². The van der Waals surface area contributed by atoms with Crippen LogP contribution in [0.4, 0.5) is 0 Å². The number of primary sulfonamides is 1. The summed E-state index contributed by atoms with van der Waals surface area (Å²) in [6.45, 7) is 4.31. The standard InChI is InChI=1S/C14H21NO5S/c1-4-5-10(2)9-20-14(16)12-8-11(21(15,17)18)6-7-13(12)19-3/h6-8,10H,4-5,9H2,1-3H3,(H2,15,17,18). The molecule has 7 heteroatoms. The van der Waals surface area contributed by atoms with Gasteiger partial charge >= 0.3 is 5.97 Å². The number of methoxy groups -OCH3 is 1. The van der Waals surface area contributed by atoms with Gasteiger partial charge in [0, 0.05) is 0 Å². The summed E-state index contributed by atoms with van der Waals surface area (Å²) in [4.78, 5) is 11.9. The molecular weight excluding hydrogens is 294 g/mol. The number of benzene rings is 1. The molecule has 1 aromatic rings. The Kier molecular flexibility index (Phi) is 6.17. The van der Waals surface area contributed by atoms with E-state index in [-0.39, 0.29) is 28.7 Å². The summed E-state index contributed by atoms with van der Waals surface area (Å²) >= 11 is 0. The average Bonchev–Trinajstić information content (AvgIpc) is 2.43. The first-order valence-corrected chi connectivity index (χ1v) is 8.22. The number of sulfonamides is 1. The Morgan fingerprint density at radius 2 is 2.05 bits per heavy atom. The molecule has 21 heavy (non-hydrogen) atoms. The molecule has 6 nitrogen and oxygen atoms in total. The Balaban J connectivity index is 2.96. The first kappa shape index (κ1) is 17.5. The molecule has 0 saturated heterocycles. The van der Waals surface area contributed by atoms with E-state index in [2.05, 4.69) is 6.92 Å². The van der Waals surface area contributed by atoms with E-state index in [1.54, 1.807) is 0 Å². The zero-order valence-corrected chi connectivity index (χ0v) is 13.3. The molecule has 118 valence electrons. The monoisotopic (exact) mass is 315 g/mol. The lowest BCUT2D eigenvalue weighted by Crippen LogP contribution is -2.16. The fourth-order valence-electron chi connectivity index (χ4n) is 1.90. The zero-order valence-electron chi connectivity index (χ0n) is 12.5. The van der Waals surface area contributed by atoms with Crippen molar-refractivity contribution in [3.8, 4) is 5.75 Å². The molecular formula is C14H21NO5S. The summed E-state index contributed by atoms with van der Waals surface area (Å²) in [6, 6.07) is 3.83. The summed E-state index contributed by atoms with van der Waals surface area (Å²) in [6.07, 6.45) is 1.95. The SMILES string of the molecule is CCCC(C)COC(=O)c1cc(S(N)(=O)=O)ccc1OC. The van der Waals surface area contributed by atoms with Crippen LogP contribution in [0.1, 0.15) is 37.0 Å². The highest BCUT2D eigenvalue weighted by atomic mass is 32.2. The fraction of sp³-hybridized carbons (Fsp3) is 0.500. The van der Waals surface area contributed by atoms with Gasteiger partial charge < -0.3 is 9.47 Å². The molecule has 1 atom stereocenters. The molecule has 2 N–H and O–H groups in total. The molecule has 0 aliphatic carbocycles. The molecule has 1 unspecified atom stereocenters. The number of rotatable bonds is 7. The number of ether oxygens (including phenoxy) is 2. The van der Waals surface area contributed by atoms with Crippen LogP contribution in [0.2, 0.25) is 0 Å². The lowest BCUT2D eigenvalue weighted by Gasteiger charge is -2.13. The molecule has 0 amide bonds. The second-order valence-corrected chi connectivity index (χ2v) is 6.46. The third-order valence-corrected chi connectivity index (χ3v) is 3.91. The lowest BCUT2D eigenvalue weighted by atomic mass is 10.1. The number of hydrogen-bond donors (Lipinski definition) is 1. The van der Waals surface area contributed by atoms with Crippen LogP contribution in [0.15, 0.2) is 23.1 Å². The van der Waals surface area contributed by atoms with Gasteiger partial charge in [-0.1, -0.05) is 20.3 Å². The van der Waals surface area contributed by atoms with Gasteiger partial charge in [0.15, 0.2) is 0 Å². The highest BCUT2D eigenvalue weighted by Gasteiger charge is 2.19. The lowest BCUT2D eigenvalue weighted by molar-refractivity contribution is 0.0440. The number of hydrogen-bond acceptors (Lipinski definition) is 5. The molecule has 0 aliphatic rings. The van der Waals surface area contributed by atoms with Crippen LogP contribution in [0.5, 0.6) is 5.75 Å². The van der Waals surface area contributed by atoms with E-state index in [9.17, 15) is 13.2 Å². The van der Waals surface area contributed by atoms with Crippen LogP contribution >= 0.6 is 0 Å². The van der Waals surface area contributed by atoms with E-state index in [4.69, 9.17) is 14.6 Å². The predicted molar refractivity (Wildman–Crippen MR) is 78.7 cm³/mol. The van der Waals surface area contributed by atoms with E-state index < -0.39 is 16.0 Å². The van der Waals surface area contributed by atoms with Gasteiger partial charge in [-0.2, -0.15) is 0 Å². The van der Waals surface area contributed by atoms with Gasteiger partial charge in [-0.15, -0.1) is 0 Å². The minimum absolute atomic E-state index is 0.0488. The minimum Gasteiger partial charge on any atom is -0.496 e. The predicted octanol–water partition coefficient (Wildman–Crippen LogP) is 1.94. The van der Waals surface area contributed by atoms with E-state index in [0.717, 1.165) is 12.8 Å². The van der Waals surface area contributed by atoms with Gasteiger partial charge in [0.25, 0.3) is 0 Å². The van der Waals surface area contributed by atoms with Gasteiger partial charge in [0.2, 0.25) is 10.0 Å². The summed E-state index contributed by atoms with van der Waals surface area (Å²) in [5.41, 5.74) is 0.0488. The van der Waals surface area contributed by atoms with Crippen molar-refractivity contribution in [1.29, 1.82) is 0 Å². The van der Waals surface area contributed by atoms with Crippen molar-refractivity contribution in [3.63, 3.8) is 0 Å². The molecule has 0 fully saturated rings. The quantitative estimate of drug-likeness (QED) is 0.776. The molecule has 0 heterocycles. The molecule has 0 bridgehead atoms. The van der Waals surface area contributed by atoms with Crippen molar-refractivity contribution in [3.05, 3.63) is 23.8 Å². The maximum absolute atomic E-state index is 12.1. The minimum atomic E-state index is -3.89. The van der Waals surface area contributed by atoms with Gasteiger partial charge in [-0.25, -0.2) is 18.4 Å². The maximum atomic E-state index is 12.1. The second kappa shape index (κ2) is 7.42. The molecule has 0 radical (unpaired) electrons. The van der Waals surface area contributed by atoms with Crippen molar-refractivity contribution >= 4 is 16.0 Å². The van der Waals surface area contributed by atoms with E-state index >= 15 is 0 Å². The molecule has 0 aromatic heterocycles. The van der Waals surface area contributed by atoms with Crippen molar-refractivity contribution < 1.29 is 22.7 Å². The van der Waals surface area contributed by atoms with Gasteiger partial charge in [-0.05, 0) is 30.5 Å². The number of carbonyl (C=O) groups is 1. The molecule has 1 aromatic carbocycles. The molecule has 0 spiro atoms. The Morgan fingerprint density at radius 1 is 1.38 bits per heavy atom. The van der Waals surface area contributed by atoms with Crippen LogP contribution in [-0.4, -0.2) is 28.1 Å². The number of esters is 1. The second-order valence-electron chi connectivity index (χ2n) is 4.90. The third kappa shape index (κ3) is 5.02. The normalized spacial score (nSPS) is 12.8. The van der Waals surface area contributed by atoms with Crippen LogP contribution in [-0.2, 0) is 14.8 Å². The summed E-state index contributed by atoms with van der Waals surface area (Å²) in [5, 5.41) is 5.06. The van der Waals surface area contributed by atoms with Gasteiger partial charge in [-0.3, -0.25) is 0 Å². The summed E-state index contributed by atoms with van der Waals surface area (Å²) < 4.78 is 32.9. The van der Waals surface area contributed by atoms with Crippen molar-refractivity contribution in [2.75, 3.05) is 13.7 Å². The van der Waals surface area contributed by atoms with Crippen LogP contribution in [0, 0.1) is 5.92 Å². The van der Waals surface area contributed by atoms with E-state index in [1.165, 1.54) is 25.3 Å². The highest BCUT2D eigenvalue weighted by Crippen LogP contribution is 2.23. The summed E-state index contributed by atoms with van der Waals surface area (Å²) in [7, 11) is -2.50. The van der Waals surface area contributed by atoms with Crippen LogP contribution < -0.4 is 9.88 Å². The largest absolute Gasteiger partial charge is 0.496 e. The van der Waals surface area contributed by atoms with Gasteiger partial charge in [0.05, 0.1) is 18.6 Å². The van der Waals surface area contributed by atoms with Crippen molar-refractivity contribution in [2.45, 2.75) is 31.6 Å². The highest BCUT2D eigenvalue weighted by molar-refractivity contribution is 7.89. The van der Waals surface area contributed by atoms with Crippen LogP contribution in [0.3, 0.4) is 0 Å². The van der Waals surface area contributed by atoms with Crippen LogP contribution in [0.25, 0.3) is 0 Å². The van der Waals surface area contributed by atoms with E-state index in [0.29, 0.717) is 0 Å². The fourth-order valence-corrected chi connectivity index (χ4v) is 2.44. The summed E-state index contributed by atoms with van der Waals surface area (Å²) in [5.74, 6) is -0.137. The maximum Gasteiger partial charge on any atom is 0.341 e. The smallest absolute Gasteiger partial charge is 0.341 e. The van der Waals surface area contributed by atoms with Gasteiger partial charge in [0.1, 0.15) is 11.3 Å². The Hall–Kier alpha value is -1.60. The zero-order chi connectivity index (χ0) is 16.0. The third-order valence-electron chi connectivity index (χ3n) is 3.00. The number of nitrogens with two attached hydrogens (primary N) is 1. The first-order chi connectivity index (χ1) is 9.79. The van der Waals surface area contributed by atoms with Crippen molar-refractivity contribution in [1.82, 2.24) is 0 Å². The Bertz CT molecular complexity index is 597. The first-order valence-electron chi connectivity index (χ1n) is 6.67. The topological polar surface area (TPSA) is 95.7 Å². The molecule has 0 saturated carbocycles. The molecule has 0 aliphatic heterocycles. The number of carbonyl (C=O) groups excluding carboxylic acids is 1. The average molecular weight is 315 g/mol. The Morgan fingerprint density at radius 3 is 2.57 bits per heavy atom. The van der Waals surface area contributed by atoms with E-state index in [1.807, 2.05) is 6.92 Å².